The van der Waals surface area contributed by atoms with Crippen LogP contribution >= 0.6 is 24.8 Å². The van der Waals surface area contributed by atoms with E-state index in [0.717, 1.165) is 45.8 Å². The first-order valence-corrected chi connectivity index (χ1v) is 8.51. The van der Waals surface area contributed by atoms with Gasteiger partial charge in [-0.3, -0.25) is 9.69 Å². The quantitative estimate of drug-likeness (QED) is 0.719. The molecule has 2 aliphatic rings. The summed E-state index contributed by atoms with van der Waals surface area (Å²) in [5.41, 5.74) is 5.74. The first-order chi connectivity index (χ1) is 10.2. The number of amides is 1. The van der Waals surface area contributed by atoms with Crippen molar-refractivity contribution < 1.29 is 9.53 Å². The Hall–Kier alpha value is -0.0700. The number of hydrogen-bond donors (Lipinski definition) is 2. The van der Waals surface area contributed by atoms with E-state index in [1.165, 1.54) is 32.1 Å². The fourth-order valence-corrected chi connectivity index (χ4v) is 3.56. The van der Waals surface area contributed by atoms with Crippen molar-refractivity contribution in [3.8, 4) is 0 Å². The van der Waals surface area contributed by atoms with E-state index in [1.54, 1.807) is 0 Å². The lowest BCUT2D eigenvalue weighted by molar-refractivity contribution is -0.122. The second-order valence-corrected chi connectivity index (χ2v) is 6.62. The maximum Gasteiger partial charge on any atom is 0.220 e. The highest BCUT2D eigenvalue weighted by molar-refractivity contribution is 5.85. The van der Waals surface area contributed by atoms with Gasteiger partial charge in [-0.2, -0.15) is 0 Å². The van der Waals surface area contributed by atoms with Crippen LogP contribution in [0.5, 0.6) is 0 Å². The molecule has 1 heterocycles. The fourth-order valence-electron chi connectivity index (χ4n) is 3.56. The maximum absolute atomic E-state index is 11.9. The van der Waals surface area contributed by atoms with Crippen molar-refractivity contribution in [2.45, 2.75) is 44.9 Å². The number of carbonyl (C=O) groups excluding carboxylic acids is 1. The number of nitrogens with one attached hydrogen (secondary N) is 1. The van der Waals surface area contributed by atoms with Gasteiger partial charge in [0, 0.05) is 38.0 Å². The number of nitrogens with zero attached hydrogens (tertiary/aromatic N) is 1. The standard InChI is InChI=1S/C16H31N3O2.2ClH/c17-8-4-5-15(20)18-13-16(6-2-1-3-7-16)14-19-9-11-21-12-10-19;;/h1-14,17H2,(H,18,20);2*1H. The Balaban J connectivity index is 0.00000242. The van der Waals surface area contributed by atoms with Crippen LogP contribution in [0.3, 0.4) is 0 Å². The van der Waals surface area contributed by atoms with E-state index in [4.69, 9.17) is 10.5 Å². The number of ether oxygens (including phenoxy) is 1. The topological polar surface area (TPSA) is 67.6 Å². The van der Waals surface area contributed by atoms with Gasteiger partial charge in [0.1, 0.15) is 0 Å². The van der Waals surface area contributed by atoms with E-state index < -0.39 is 0 Å². The second-order valence-electron chi connectivity index (χ2n) is 6.62. The van der Waals surface area contributed by atoms with Crippen LogP contribution in [0, 0.1) is 5.41 Å². The smallest absolute Gasteiger partial charge is 0.220 e. The SMILES string of the molecule is Cl.Cl.NCCCC(=O)NCC1(CN2CCOCC2)CCCCC1. The lowest BCUT2D eigenvalue weighted by atomic mass is 9.73. The summed E-state index contributed by atoms with van der Waals surface area (Å²) in [5.74, 6) is 0.160. The van der Waals surface area contributed by atoms with E-state index in [9.17, 15) is 4.79 Å². The van der Waals surface area contributed by atoms with Gasteiger partial charge in [-0.15, -0.1) is 24.8 Å². The first kappa shape index (κ1) is 22.9. The molecule has 138 valence electrons. The Morgan fingerprint density at radius 1 is 1.13 bits per heavy atom. The summed E-state index contributed by atoms with van der Waals surface area (Å²) in [5, 5.41) is 3.17. The van der Waals surface area contributed by atoms with E-state index in [-0.39, 0.29) is 36.1 Å². The maximum atomic E-state index is 11.9. The molecule has 1 saturated carbocycles. The monoisotopic (exact) mass is 369 g/mol. The van der Waals surface area contributed by atoms with Crippen molar-refractivity contribution in [3.05, 3.63) is 0 Å². The predicted octanol–water partition coefficient (Wildman–Crippen LogP) is 1.97. The van der Waals surface area contributed by atoms with Gasteiger partial charge >= 0.3 is 0 Å². The molecule has 1 aliphatic heterocycles. The third-order valence-electron chi connectivity index (χ3n) is 4.85. The number of morpholine rings is 1. The van der Waals surface area contributed by atoms with Gasteiger partial charge in [-0.25, -0.2) is 0 Å². The number of nitrogens with two attached hydrogens (primary N) is 1. The number of halogens is 2. The molecule has 0 radical (unpaired) electrons. The largest absolute Gasteiger partial charge is 0.379 e. The Morgan fingerprint density at radius 3 is 2.39 bits per heavy atom. The number of rotatable bonds is 7. The molecule has 3 N–H and O–H groups in total. The average Bonchev–Trinajstić information content (AvgIpc) is 2.53. The van der Waals surface area contributed by atoms with Crippen molar-refractivity contribution in [1.82, 2.24) is 10.2 Å². The van der Waals surface area contributed by atoms with Crippen LogP contribution in [0.2, 0.25) is 0 Å². The third kappa shape index (κ3) is 8.03. The van der Waals surface area contributed by atoms with Crippen LogP contribution in [-0.2, 0) is 9.53 Å². The molecular weight excluding hydrogens is 337 g/mol. The Bertz CT molecular complexity index is 320. The molecule has 0 aromatic carbocycles. The van der Waals surface area contributed by atoms with E-state index >= 15 is 0 Å². The van der Waals surface area contributed by atoms with Gasteiger partial charge in [0.25, 0.3) is 0 Å². The van der Waals surface area contributed by atoms with Crippen molar-refractivity contribution in [1.29, 1.82) is 0 Å². The van der Waals surface area contributed by atoms with E-state index in [1.807, 2.05) is 0 Å². The van der Waals surface area contributed by atoms with Crippen molar-refractivity contribution in [3.63, 3.8) is 0 Å². The van der Waals surface area contributed by atoms with E-state index in [0.29, 0.717) is 13.0 Å². The molecule has 5 nitrogen and oxygen atoms in total. The lowest BCUT2D eigenvalue weighted by Crippen LogP contribution is -2.49. The van der Waals surface area contributed by atoms with Gasteiger partial charge in [0.05, 0.1) is 13.2 Å². The summed E-state index contributed by atoms with van der Waals surface area (Å²) in [4.78, 5) is 14.4. The average molecular weight is 370 g/mol. The van der Waals surface area contributed by atoms with Gasteiger partial charge in [-0.1, -0.05) is 19.3 Å². The molecule has 1 aliphatic carbocycles. The highest BCUT2D eigenvalue weighted by Crippen LogP contribution is 2.36. The molecule has 0 atom stereocenters. The first-order valence-electron chi connectivity index (χ1n) is 8.51. The molecular formula is C16H33Cl2N3O2. The van der Waals surface area contributed by atoms with Gasteiger partial charge < -0.3 is 15.8 Å². The molecule has 0 bridgehead atoms. The summed E-state index contributed by atoms with van der Waals surface area (Å²) in [6.45, 7) is 6.28. The molecule has 0 unspecified atom stereocenters. The van der Waals surface area contributed by atoms with Crippen LogP contribution in [-0.4, -0.2) is 56.7 Å². The summed E-state index contributed by atoms with van der Waals surface area (Å²) in [7, 11) is 0. The molecule has 2 fully saturated rings. The molecule has 0 aromatic rings. The zero-order valence-corrected chi connectivity index (χ0v) is 15.7. The Kier molecular flexibility index (Phi) is 12.3. The highest BCUT2D eigenvalue weighted by atomic mass is 35.5. The summed E-state index contributed by atoms with van der Waals surface area (Å²) in [6.07, 6.45) is 7.74. The van der Waals surface area contributed by atoms with Crippen LogP contribution in [0.4, 0.5) is 0 Å². The van der Waals surface area contributed by atoms with Crippen LogP contribution < -0.4 is 11.1 Å². The van der Waals surface area contributed by atoms with Crippen molar-refractivity contribution in [2.75, 3.05) is 45.9 Å². The zero-order valence-electron chi connectivity index (χ0n) is 14.1. The lowest BCUT2D eigenvalue weighted by Gasteiger charge is -2.42. The normalized spacial score (nSPS) is 20.9. The Labute approximate surface area is 152 Å². The molecule has 0 spiro atoms. The zero-order chi connectivity index (χ0) is 15.0. The van der Waals surface area contributed by atoms with Gasteiger partial charge in [0.2, 0.25) is 5.91 Å². The summed E-state index contributed by atoms with van der Waals surface area (Å²) in [6, 6.07) is 0. The van der Waals surface area contributed by atoms with E-state index in [2.05, 4.69) is 10.2 Å². The molecule has 7 heteroatoms. The molecule has 23 heavy (non-hydrogen) atoms. The number of carbonyl (C=O) groups is 1. The number of hydrogen-bond acceptors (Lipinski definition) is 4. The van der Waals surface area contributed by atoms with Gasteiger partial charge in [0.15, 0.2) is 0 Å². The minimum absolute atomic E-state index is 0. The summed E-state index contributed by atoms with van der Waals surface area (Å²) < 4.78 is 5.44. The second kappa shape index (κ2) is 12.3. The molecule has 0 aromatic heterocycles. The van der Waals surface area contributed by atoms with Crippen LogP contribution in [0.1, 0.15) is 44.9 Å². The molecule has 1 saturated heterocycles. The molecule has 2 rings (SSSR count). The third-order valence-corrected chi connectivity index (χ3v) is 4.85. The molecule has 1 amide bonds. The van der Waals surface area contributed by atoms with Gasteiger partial charge in [-0.05, 0) is 25.8 Å². The van der Waals surface area contributed by atoms with Crippen molar-refractivity contribution in [2.24, 2.45) is 11.1 Å². The summed E-state index contributed by atoms with van der Waals surface area (Å²) >= 11 is 0. The Morgan fingerprint density at radius 2 is 1.78 bits per heavy atom. The minimum atomic E-state index is 0. The van der Waals surface area contributed by atoms with Crippen LogP contribution in [0.15, 0.2) is 0 Å². The van der Waals surface area contributed by atoms with Crippen LogP contribution in [0.25, 0.3) is 0 Å². The highest BCUT2D eigenvalue weighted by Gasteiger charge is 2.34. The van der Waals surface area contributed by atoms with Crippen molar-refractivity contribution >= 4 is 30.7 Å². The fraction of sp³-hybridized carbons (Fsp3) is 0.938. The minimum Gasteiger partial charge on any atom is -0.379 e. The predicted molar refractivity (Wildman–Crippen MR) is 98.6 cm³/mol.